The molecule has 4 rings (SSSR count). The number of nitrogens with one attached hydrogen (secondary N) is 1. The Hall–Kier alpha value is -2.31. The first-order chi connectivity index (χ1) is 13.3. The van der Waals surface area contributed by atoms with Gasteiger partial charge in [0.2, 0.25) is 0 Å². The maximum absolute atomic E-state index is 12.6. The third-order valence-corrected chi connectivity index (χ3v) is 5.30. The van der Waals surface area contributed by atoms with Crippen LogP contribution in [0.4, 0.5) is 5.88 Å². The van der Waals surface area contributed by atoms with E-state index in [4.69, 9.17) is 13.9 Å². The number of morpholine rings is 1. The Morgan fingerprint density at radius 2 is 2.19 bits per heavy atom. The molecule has 6 nitrogen and oxygen atoms in total. The summed E-state index contributed by atoms with van der Waals surface area (Å²) in [5.74, 6) is 1.28. The van der Waals surface area contributed by atoms with Crippen molar-refractivity contribution in [2.24, 2.45) is 0 Å². The van der Waals surface area contributed by atoms with Crippen molar-refractivity contribution in [1.29, 1.82) is 0 Å². The monoisotopic (exact) mass is 370 g/mol. The van der Waals surface area contributed by atoms with Gasteiger partial charge in [-0.25, -0.2) is 0 Å². The Bertz CT molecular complexity index is 864. The van der Waals surface area contributed by atoms with Gasteiger partial charge >= 0.3 is 0 Å². The Labute approximate surface area is 158 Å². The molecule has 3 heterocycles. The van der Waals surface area contributed by atoms with Crippen molar-refractivity contribution < 1.29 is 13.9 Å². The van der Waals surface area contributed by atoms with Crippen LogP contribution in [0.3, 0.4) is 0 Å². The molecule has 1 N–H and O–H groups in total. The number of anilines is 1. The zero-order valence-electron chi connectivity index (χ0n) is 15.5. The molecule has 1 aromatic carbocycles. The van der Waals surface area contributed by atoms with E-state index < -0.39 is 0 Å². The lowest BCUT2D eigenvalue weighted by molar-refractivity contribution is 0.121. The van der Waals surface area contributed by atoms with Crippen molar-refractivity contribution >= 4 is 22.9 Å². The van der Waals surface area contributed by atoms with E-state index in [2.05, 4.69) is 11.9 Å². The molecule has 1 aromatic heterocycles. The summed E-state index contributed by atoms with van der Waals surface area (Å²) in [7, 11) is 0. The number of hydrogen-bond donors (Lipinski definition) is 1. The fourth-order valence-corrected chi connectivity index (χ4v) is 3.78. The van der Waals surface area contributed by atoms with Gasteiger partial charge < -0.3 is 24.1 Å². The molecule has 1 atom stereocenters. The molecule has 6 heteroatoms. The van der Waals surface area contributed by atoms with Crippen LogP contribution in [0.2, 0.25) is 0 Å². The van der Waals surface area contributed by atoms with Gasteiger partial charge in [0, 0.05) is 25.2 Å². The number of nitrogens with zero attached hydrogens (tertiary/aromatic N) is 1. The van der Waals surface area contributed by atoms with Gasteiger partial charge in [0.15, 0.2) is 16.9 Å². The van der Waals surface area contributed by atoms with Gasteiger partial charge in [0.05, 0.1) is 30.8 Å². The van der Waals surface area contributed by atoms with Crippen molar-refractivity contribution in [2.45, 2.75) is 25.3 Å². The summed E-state index contributed by atoms with van der Waals surface area (Å²) < 4.78 is 17.5. The Balaban J connectivity index is 1.62. The maximum Gasteiger partial charge on any atom is 0.200 e. The quantitative estimate of drug-likeness (QED) is 0.844. The van der Waals surface area contributed by atoms with Crippen LogP contribution in [0.5, 0.6) is 5.75 Å². The van der Waals surface area contributed by atoms with E-state index in [0.717, 1.165) is 18.5 Å². The van der Waals surface area contributed by atoms with Crippen LogP contribution < -0.4 is 20.4 Å². The number of ether oxygens (including phenoxy) is 2. The van der Waals surface area contributed by atoms with E-state index in [0.29, 0.717) is 61.6 Å². The minimum atomic E-state index is -0.0532. The SMILES string of the molecule is C=Cc1c(OCCC2CCCN2)ccc2c(=O)cc(N3CCOCC3)oc12. The lowest BCUT2D eigenvalue weighted by Crippen LogP contribution is -2.36. The van der Waals surface area contributed by atoms with Gasteiger partial charge in [-0.15, -0.1) is 0 Å². The molecule has 2 aliphatic heterocycles. The third kappa shape index (κ3) is 3.87. The van der Waals surface area contributed by atoms with Crippen LogP contribution >= 0.6 is 0 Å². The number of hydrogen-bond acceptors (Lipinski definition) is 6. The highest BCUT2D eigenvalue weighted by Crippen LogP contribution is 2.30. The fourth-order valence-electron chi connectivity index (χ4n) is 3.78. The number of fused-ring (bicyclic) bond motifs is 1. The topological polar surface area (TPSA) is 63.9 Å². The van der Waals surface area contributed by atoms with Crippen LogP contribution in [0.1, 0.15) is 24.8 Å². The zero-order chi connectivity index (χ0) is 18.6. The maximum atomic E-state index is 12.6. The first-order valence-corrected chi connectivity index (χ1v) is 9.68. The molecular formula is C21H26N2O4. The van der Waals surface area contributed by atoms with Gasteiger partial charge in [-0.2, -0.15) is 0 Å². The predicted molar refractivity (Wildman–Crippen MR) is 107 cm³/mol. The minimum Gasteiger partial charge on any atom is -0.493 e. The van der Waals surface area contributed by atoms with E-state index >= 15 is 0 Å². The van der Waals surface area contributed by atoms with Gasteiger partial charge in [0.1, 0.15) is 5.75 Å². The zero-order valence-corrected chi connectivity index (χ0v) is 15.5. The van der Waals surface area contributed by atoms with Gasteiger partial charge in [-0.05, 0) is 37.9 Å². The van der Waals surface area contributed by atoms with E-state index in [-0.39, 0.29) is 5.43 Å². The lowest BCUT2D eigenvalue weighted by Gasteiger charge is -2.27. The fraction of sp³-hybridized carbons (Fsp3) is 0.476. The van der Waals surface area contributed by atoms with E-state index in [1.54, 1.807) is 18.2 Å². The third-order valence-electron chi connectivity index (χ3n) is 5.30. The summed E-state index contributed by atoms with van der Waals surface area (Å²) in [6.07, 6.45) is 5.10. The molecule has 144 valence electrons. The molecular weight excluding hydrogens is 344 g/mol. The summed E-state index contributed by atoms with van der Waals surface area (Å²) in [5, 5.41) is 4.02. The first-order valence-electron chi connectivity index (χ1n) is 9.68. The van der Waals surface area contributed by atoms with Crippen LogP contribution in [-0.4, -0.2) is 45.5 Å². The van der Waals surface area contributed by atoms with Crippen LogP contribution in [0.25, 0.3) is 17.0 Å². The average molecular weight is 370 g/mol. The highest BCUT2D eigenvalue weighted by atomic mass is 16.5. The van der Waals surface area contributed by atoms with Crippen LogP contribution in [0, 0.1) is 0 Å². The van der Waals surface area contributed by atoms with Crippen LogP contribution in [0.15, 0.2) is 34.0 Å². The van der Waals surface area contributed by atoms with E-state index in [1.165, 1.54) is 12.8 Å². The Morgan fingerprint density at radius 3 is 2.93 bits per heavy atom. The van der Waals surface area contributed by atoms with Crippen molar-refractivity contribution in [3.8, 4) is 5.75 Å². The molecule has 0 amide bonds. The lowest BCUT2D eigenvalue weighted by atomic mass is 10.1. The van der Waals surface area contributed by atoms with Gasteiger partial charge in [-0.3, -0.25) is 4.79 Å². The predicted octanol–water partition coefficient (Wildman–Crippen LogP) is 2.79. The van der Waals surface area contributed by atoms with Gasteiger partial charge in [0.25, 0.3) is 0 Å². The molecule has 1 unspecified atom stereocenters. The van der Waals surface area contributed by atoms with E-state index in [1.807, 2.05) is 11.0 Å². The molecule has 0 spiro atoms. The highest BCUT2D eigenvalue weighted by molar-refractivity contribution is 5.88. The largest absolute Gasteiger partial charge is 0.493 e. The van der Waals surface area contributed by atoms with Crippen LogP contribution in [-0.2, 0) is 4.74 Å². The normalized spacial score (nSPS) is 20.1. The molecule has 0 bridgehead atoms. The van der Waals surface area contributed by atoms with Crippen molar-refractivity contribution in [1.82, 2.24) is 5.32 Å². The molecule has 2 aliphatic rings. The average Bonchev–Trinajstić information content (AvgIpc) is 3.22. The molecule has 2 fully saturated rings. The van der Waals surface area contributed by atoms with Crippen molar-refractivity contribution in [3.05, 3.63) is 40.6 Å². The Kier molecular flexibility index (Phi) is 5.45. The minimum absolute atomic E-state index is 0.0532. The number of benzene rings is 1. The smallest absolute Gasteiger partial charge is 0.200 e. The second-order valence-electron chi connectivity index (χ2n) is 7.04. The van der Waals surface area contributed by atoms with Gasteiger partial charge in [-0.1, -0.05) is 12.7 Å². The first kappa shape index (κ1) is 18.1. The Morgan fingerprint density at radius 1 is 1.33 bits per heavy atom. The molecule has 0 radical (unpaired) electrons. The second-order valence-corrected chi connectivity index (χ2v) is 7.04. The highest BCUT2D eigenvalue weighted by Gasteiger charge is 2.18. The summed E-state index contributed by atoms with van der Waals surface area (Å²) in [4.78, 5) is 14.6. The second kappa shape index (κ2) is 8.15. The summed E-state index contributed by atoms with van der Waals surface area (Å²) >= 11 is 0. The standard InChI is InChI=1S/C21H26N2O4/c1-2-16-19(26-11-7-15-4-3-8-22-15)6-5-17-18(24)14-20(27-21(16)17)23-9-12-25-13-10-23/h2,5-6,14-15,22H,1,3-4,7-13H2. The molecule has 2 aromatic rings. The van der Waals surface area contributed by atoms with Crippen molar-refractivity contribution in [2.75, 3.05) is 44.4 Å². The van der Waals surface area contributed by atoms with E-state index in [9.17, 15) is 4.79 Å². The number of rotatable bonds is 6. The molecule has 27 heavy (non-hydrogen) atoms. The summed E-state index contributed by atoms with van der Waals surface area (Å²) in [6, 6.07) is 5.71. The molecule has 0 aliphatic carbocycles. The van der Waals surface area contributed by atoms with Crippen molar-refractivity contribution in [3.63, 3.8) is 0 Å². The molecule has 0 saturated carbocycles. The molecule has 2 saturated heterocycles. The summed E-state index contributed by atoms with van der Waals surface area (Å²) in [6.45, 7) is 8.31. The summed E-state index contributed by atoms with van der Waals surface area (Å²) in [5.41, 5.74) is 1.22.